The van der Waals surface area contributed by atoms with Gasteiger partial charge in [0, 0.05) is 16.3 Å². The Morgan fingerprint density at radius 1 is 1.12 bits per heavy atom. The highest BCUT2D eigenvalue weighted by Crippen LogP contribution is 2.26. The molecule has 0 aliphatic rings. The molecule has 0 amide bonds. The van der Waals surface area contributed by atoms with Crippen LogP contribution in [0.5, 0.6) is 0 Å². The Kier molecular flexibility index (Phi) is 4.45. The number of benzene rings is 1. The molecule has 1 N–H and O–H groups in total. The second-order valence-electron chi connectivity index (χ2n) is 5.92. The summed E-state index contributed by atoms with van der Waals surface area (Å²) in [4.78, 5) is 11.0. The lowest BCUT2D eigenvalue weighted by Crippen LogP contribution is -3.07. The van der Waals surface area contributed by atoms with Crippen molar-refractivity contribution in [1.82, 2.24) is 9.97 Å². The summed E-state index contributed by atoms with van der Waals surface area (Å²) >= 11 is 5.25. The van der Waals surface area contributed by atoms with Crippen molar-refractivity contribution in [1.29, 1.82) is 0 Å². The van der Waals surface area contributed by atoms with Crippen molar-refractivity contribution in [2.45, 2.75) is 19.5 Å². The van der Waals surface area contributed by atoms with Crippen molar-refractivity contribution in [3.63, 3.8) is 0 Å². The van der Waals surface area contributed by atoms with Gasteiger partial charge in [-0.1, -0.05) is 12.1 Å². The first-order valence-corrected chi connectivity index (χ1v) is 10.5. The van der Waals surface area contributed by atoms with Crippen molar-refractivity contribution in [3.05, 3.63) is 57.2 Å². The molecule has 1 unspecified atom stereocenters. The Labute approximate surface area is 153 Å². The van der Waals surface area contributed by atoms with Crippen LogP contribution in [-0.2, 0) is 6.54 Å². The predicted octanol–water partition coefficient (Wildman–Crippen LogP) is 4.26. The van der Waals surface area contributed by atoms with Crippen LogP contribution in [0.2, 0.25) is 0 Å². The molecule has 2 atom stereocenters. The van der Waals surface area contributed by atoms with E-state index in [0.29, 0.717) is 6.04 Å². The average molecular weight is 373 g/mol. The first kappa shape index (κ1) is 15.9. The van der Waals surface area contributed by atoms with Gasteiger partial charge in [0.1, 0.15) is 23.3 Å². The largest absolute Gasteiger partial charge is 0.324 e. The summed E-state index contributed by atoms with van der Waals surface area (Å²) in [5.41, 5.74) is 3.49. The van der Waals surface area contributed by atoms with Gasteiger partial charge in [-0.05, 0) is 30.5 Å². The van der Waals surface area contributed by atoms with E-state index in [-0.39, 0.29) is 0 Å². The fourth-order valence-corrected chi connectivity index (χ4v) is 5.28. The lowest BCUT2D eigenvalue weighted by Gasteiger charge is -2.18. The fourth-order valence-electron chi connectivity index (χ4n) is 2.63. The molecule has 6 heteroatoms. The van der Waals surface area contributed by atoms with Crippen LogP contribution in [0.1, 0.15) is 23.7 Å². The van der Waals surface area contributed by atoms with Gasteiger partial charge in [-0.3, -0.25) is 0 Å². The molecular weight excluding hydrogens is 354 g/mol. The number of nitrogens with zero attached hydrogens (tertiary/aromatic N) is 2. The average Bonchev–Trinajstić information content (AvgIpc) is 3.32. The smallest absolute Gasteiger partial charge is 0.151 e. The van der Waals surface area contributed by atoms with E-state index in [1.165, 1.54) is 20.2 Å². The molecule has 0 bridgehead atoms. The highest BCUT2D eigenvalue weighted by atomic mass is 32.1. The van der Waals surface area contributed by atoms with E-state index in [9.17, 15) is 0 Å². The number of hydrogen-bond donors (Lipinski definition) is 1. The summed E-state index contributed by atoms with van der Waals surface area (Å²) in [5, 5.41) is 8.75. The Balaban J connectivity index is 1.50. The van der Waals surface area contributed by atoms with Crippen LogP contribution in [0, 0.1) is 0 Å². The van der Waals surface area contributed by atoms with Crippen molar-refractivity contribution in [3.8, 4) is 10.6 Å². The minimum Gasteiger partial charge on any atom is -0.324 e. The summed E-state index contributed by atoms with van der Waals surface area (Å²) in [6.45, 7) is 3.16. The van der Waals surface area contributed by atoms with Crippen molar-refractivity contribution >= 4 is 44.2 Å². The maximum atomic E-state index is 4.80. The van der Waals surface area contributed by atoms with E-state index in [0.717, 1.165) is 22.8 Å². The normalized spacial score (nSPS) is 14.1. The molecule has 3 aromatic heterocycles. The number of fused-ring (bicyclic) bond motifs is 1. The Hall–Kier alpha value is -1.60. The van der Waals surface area contributed by atoms with Crippen LogP contribution in [0.4, 0.5) is 0 Å². The molecule has 0 saturated carbocycles. The SMILES string of the molecule is C[C@H](c1nc2ccccc2s1)[NH+](C)Cc1csc(-c2ccsc2)n1. The number of thiazole rings is 2. The molecule has 122 valence electrons. The molecule has 4 aromatic rings. The maximum Gasteiger partial charge on any atom is 0.151 e. The van der Waals surface area contributed by atoms with Gasteiger partial charge in [0.15, 0.2) is 5.01 Å². The molecule has 4 rings (SSSR count). The third-order valence-electron chi connectivity index (χ3n) is 4.20. The number of thiophene rings is 1. The van der Waals surface area contributed by atoms with Gasteiger partial charge in [-0.2, -0.15) is 11.3 Å². The van der Waals surface area contributed by atoms with Gasteiger partial charge in [0.2, 0.25) is 0 Å². The summed E-state index contributed by atoms with van der Waals surface area (Å²) in [5.74, 6) is 0. The van der Waals surface area contributed by atoms with Crippen molar-refractivity contribution < 1.29 is 4.90 Å². The highest BCUT2D eigenvalue weighted by molar-refractivity contribution is 7.18. The van der Waals surface area contributed by atoms with Crippen LogP contribution in [0.15, 0.2) is 46.5 Å². The molecule has 3 heterocycles. The minimum atomic E-state index is 0.355. The van der Waals surface area contributed by atoms with Crippen LogP contribution in [-0.4, -0.2) is 17.0 Å². The summed E-state index contributed by atoms with van der Waals surface area (Å²) < 4.78 is 1.26. The Bertz CT molecular complexity index is 906. The van der Waals surface area contributed by atoms with Gasteiger partial charge in [-0.25, -0.2) is 9.97 Å². The van der Waals surface area contributed by atoms with E-state index in [4.69, 9.17) is 9.97 Å². The van der Waals surface area contributed by atoms with Gasteiger partial charge in [0.05, 0.1) is 17.3 Å². The topological polar surface area (TPSA) is 30.2 Å². The van der Waals surface area contributed by atoms with Crippen LogP contribution in [0.25, 0.3) is 20.8 Å². The Morgan fingerprint density at radius 3 is 2.79 bits per heavy atom. The standard InChI is InChI=1S/C18H17N3S3/c1-12(17-20-15-5-3-4-6-16(15)24-17)21(2)9-14-11-23-18(19-14)13-7-8-22-10-13/h3-8,10-12H,9H2,1-2H3/p+1/t12-/m1/s1. The second-order valence-corrected chi connectivity index (χ2v) is 8.62. The fraction of sp³-hybridized carbons (Fsp3) is 0.222. The molecule has 3 nitrogen and oxygen atoms in total. The zero-order valence-corrected chi connectivity index (χ0v) is 16.0. The van der Waals surface area contributed by atoms with Crippen molar-refractivity contribution in [2.75, 3.05) is 7.05 Å². The number of aromatic nitrogens is 2. The van der Waals surface area contributed by atoms with E-state index < -0.39 is 0 Å². The van der Waals surface area contributed by atoms with Crippen molar-refractivity contribution in [2.24, 2.45) is 0 Å². The van der Waals surface area contributed by atoms with E-state index in [1.807, 2.05) is 6.07 Å². The zero-order valence-electron chi connectivity index (χ0n) is 13.5. The predicted molar refractivity (Wildman–Crippen MR) is 104 cm³/mol. The summed E-state index contributed by atoms with van der Waals surface area (Å²) in [6.07, 6.45) is 0. The van der Waals surface area contributed by atoms with Gasteiger partial charge in [-0.15, -0.1) is 22.7 Å². The lowest BCUT2D eigenvalue weighted by atomic mass is 10.3. The molecule has 1 aromatic carbocycles. The highest BCUT2D eigenvalue weighted by Gasteiger charge is 2.21. The second kappa shape index (κ2) is 6.72. The zero-order chi connectivity index (χ0) is 16.5. The summed E-state index contributed by atoms with van der Waals surface area (Å²) in [7, 11) is 2.22. The van der Waals surface area contributed by atoms with Crippen LogP contribution < -0.4 is 4.90 Å². The molecule has 0 aliphatic carbocycles. The Morgan fingerprint density at radius 2 is 2.00 bits per heavy atom. The van der Waals surface area contributed by atoms with Gasteiger partial charge >= 0.3 is 0 Å². The van der Waals surface area contributed by atoms with E-state index in [1.54, 1.807) is 34.0 Å². The van der Waals surface area contributed by atoms with Crippen LogP contribution >= 0.6 is 34.0 Å². The van der Waals surface area contributed by atoms with Crippen LogP contribution in [0.3, 0.4) is 0 Å². The molecule has 0 saturated heterocycles. The number of quaternary nitrogens is 1. The first-order valence-electron chi connectivity index (χ1n) is 7.85. The first-order chi connectivity index (χ1) is 11.7. The minimum absolute atomic E-state index is 0.355. The molecule has 0 spiro atoms. The summed E-state index contributed by atoms with van der Waals surface area (Å²) in [6, 6.07) is 10.8. The molecule has 0 aliphatic heterocycles. The molecule has 0 radical (unpaired) electrons. The number of hydrogen-bond acceptors (Lipinski definition) is 5. The van der Waals surface area contributed by atoms with E-state index >= 15 is 0 Å². The quantitative estimate of drug-likeness (QED) is 0.567. The maximum absolute atomic E-state index is 4.80. The molecule has 24 heavy (non-hydrogen) atoms. The number of nitrogens with one attached hydrogen (secondary N) is 1. The lowest BCUT2D eigenvalue weighted by molar-refractivity contribution is -0.924. The molecular formula is C18H18N3S3+. The number of para-hydroxylation sites is 1. The molecule has 0 fully saturated rings. The third kappa shape index (κ3) is 3.15. The van der Waals surface area contributed by atoms with E-state index in [2.05, 4.69) is 54.4 Å². The van der Waals surface area contributed by atoms with Gasteiger partial charge < -0.3 is 4.90 Å². The third-order valence-corrected chi connectivity index (χ3v) is 7.04. The number of rotatable bonds is 5. The van der Waals surface area contributed by atoms with Gasteiger partial charge in [0.25, 0.3) is 0 Å². The monoisotopic (exact) mass is 372 g/mol.